The second-order valence-corrected chi connectivity index (χ2v) is 11.1. The lowest BCUT2D eigenvalue weighted by molar-refractivity contribution is -0.141. The molecule has 216 valence electrons. The van der Waals surface area contributed by atoms with E-state index in [1.807, 2.05) is 84.9 Å². The molecule has 4 aromatic carbocycles. The summed E-state index contributed by atoms with van der Waals surface area (Å²) in [4.78, 5) is 44.3. The van der Waals surface area contributed by atoms with Gasteiger partial charge in [0.25, 0.3) is 5.91 Å². The van der Waals surface area contributed by atoms with E-state index in [4.69, 9.17) is 11.6 Å². The van der Waals surface area contributed by atoms with Crippen LogP contribution in [-0.2, 0) is 22.6 Å². The Kier molecular flexibility index (Phi) is 9.55. The molecule has 0 aliphatic carbocycles. The molecular formula is C35H36ClN3O3. The van der Waals surface area contributed by atoms with Crippen LogP contribution in [0.5, 0.6) is 0 Å². The second-order valence-electron chi connectivity index (χ2n) is 10.7. The standard InChI is InChI=1S/C35H36ClN3O3/c1-2-3-21-37-34(41)31(23-25-12-5-4-6-13-25)39(24-27-14-7-8-18-29(27)36)32(40)20-11-22-38-30-19-10-16-26-15-9-17-28(33(26)30)35(38)42/h4-10,12-19,31H,2-3,11,20-24H2,1H3,(H,37,41)/t31-/m1/s1. The molecule has 0 spiro atoms. The van der Waals surface area contributed by atoms with Crippen molar-refractivity contribution in [2.45, 2.75) is 51.6 Å². The minimum Gasteiger partial charge on any atom is -0.354 e. The molecule has 0 radical (unpaired) electrons. The Labute approximate surface area is 252 Å². The van der Waals surface area contributed by atoms with Crippen molar-refractivity contribution in [3.05, 3.63) is 113 Å². The molecule has 3 amide bonds. The second kappa shape index (κ2) is 13.7. The highest BCUT2D eigenvalue weighted by atomic mass is 35.5. The van der Waals surface area contributed by atoms with E-state index in [1.54, 1.807) is 15.9 Å². The van der Waals surface area contributed by atoms with Gasteiger partial charge in [-0.15, -0.1) is 0 Å². The van der Waals surface area contributed by atoms with Gasteiger partial charge in [-0.1, -0.05) is 97.7 Å². The Morgan fingerprint density at radius 3 is 2.40 bits per heavy atom. The fraction of sp³-hybridized carbons (Fsp3) is 0.286. The maximum absolute atomic E-state index is 14.0. The van der Waals surface area contributed by atoms with E-state index in [1.165, 1.54) is 0 Å². The molecule has 6 nitrogen and oxygen atoms in total. The van der Waals surface area contributed by atoms with E-state index in [0.29, 0.717) is 36.5 Å². The molecule has 42 heavy (non-hydrogen) atoms. The molecule has 5 rings (SSSR count). The highest BCUT2D eigenvalue weighted by molar-refractivity contribution is 6.31. The number of nitrogens with one attached hydrogen (secondary N) is 1. The van der Waals surface area contributed by atoms with Crippen LogP contribution in [0.1, 0.15) is 54.1 Å². The van der Waals surface area contributed by atoms with Crippen LogP contribution in [0.2, 0.25) is 5.02 Å². The Morgan fingerprint density at radius 2 is 1.64 bits per heavy atom. The van der Waals surface area contributed by atoms with Crippen LogP contribution in [0.3, 0.4) is 0 Å². The monoisotopic (exact) mass is 581 g/mol. The predicted octanol–water partition coefficient (Wildman–Crippen LogP) is 6.79. The summed E-state index contributed by atoms with van der Waals surface area (Å²) in [6.07, 6.45) is 2.86. The maximum atomic E-state index is 14.0. The first-order chi connectivity index (χ1) is 20.5. The number of rotatable bonds is 13. The van der Waals surface area contributed by atoms with Gasteiger partial charge in [0.1, 0.15) is 6.04 Å². The maximum Gasteiger partial charge on any atom is 0.258 e. The number of carbonyl (C=O) groups excluding carboxylic acids is 3. The quantitative estimate of drug-likeness (QED) is 0.177. The number of carbonyl (C=O) groups is 3. The molecular weight excluding hydrogens is 546 g/mol. The van der Waals surface area contributed by atoms with Crippen LogP contribution >= 0.6 is 11.6 Å². The molecule has 0 bridgehead atoms. The summed E-state index contributed by atoms with van der Waals surface area (Å²) in [7, 11) is 0. The van der Waals surface area contributed by atoms with Gasteiger partial charge in [0.05, 0.1) is 5.69 Å². The minimum absolute atomic E-state index is 0.0422. The molecule has 7 heteroatoms. The van der Waals surface area contributed by atoms with Gasteiger partial charge < -0.3 is 15.1 Å². The van der Waals surface area contributed by atoms with Crippen molar-refractivity contribution < 1.29 is 14.4 Å². The predicted molar refractivity (Wildman–Crippen MR) is 169 cm³/mol. The van der Waals surface area contributed by atoms with Gasteiger partial charge in [-0.2, -0.15) is 0 Å². The van der Waals surface area contributed by atoms with Gasteiger partial charge in [-0.3, -0.25) is 14.4 Å². The first-order valence-corrected chi connectivity index (χ1v) is 15.0. The lowest BCUT2D eigenvalue weighted by Crippen LogP contribution is -2.50. The van der Waals surface area contributed by atoms with Crippen LogP contribution in [0.15, 0.2) is 91.0 Å². The van der Waals surface area contributed by atoms with E-state index in [-0.39, 0.29) is 30.7 Å². The van der Waals surface area contributed by atoms with Gasteiger partial charge in [0.2, 0.25) is 11.8 Å². The van der Waals surface area contributed by atoms with E-state index in [0.717, 1.165) is 40.4 Å². The lowest BCUT2D eigenvalue weighted by Gasteiger charge is -2.32. The number of hydrogen-bond donors (Lipinski definition) is 1. The summed E-state index contributed by atoms with van der Waals surface area (Å²) >= 11 is 6.53. The van der Waals surface area contributed by atoms with Gasteiger partial charge >= 0.3 is 0 Å². The third-order valence-corrected chi connectivity index (χ3v) is 8.19. The van der Waals surface area contributed by atoms with Gasteiger partial charge in [0.15, 0.2) is 0 Å². The fourth-order valence-electron chi connectivity index (χ4n) is 5.60. The lowest BCUT2D eigenvalue weighted by atomic mass is 10.0. The minimum atomic E-state index is -0.709. The molecule has 0 unspecified atom stereocenters. The summed E-state index contributed by atoms with van der Waals surface area (Å²) in [5, 5.41) is 5.59. The number of amides is 3. The van der Waals surface area contributed by atoms with Crippen LogP contribution in [-0.4, -0.2) is 41.8 Å². The van der Waals surface area contributed by atoms with E-state index < -0.39 is 6.04 Å². The Bertz CT molecular complexity index is 1570. The molecule has 1 N–H and O–H groups in total. The van der Waals surface area contributed by atoms with E-state index >= 15 is 0 Å². The molecule has 0 saturated carbocycles. The van der Waals surface area contributed by atoms with Crippen molar-refractivity contribution in [3.63, 3.8) is 0 Å². The molecule has 0 saturated heterocycles. The SMILES string of the molecule is CCCCNC(=O)[C@@H](Cc1ccccc1)N(Cc1ccccc1Cl)C(=O)CCCN1C(=O)c2cccc3cccc1c23. The van der Waals surface area contributed by atoms with Crippen molar-refractivity contribution >= 4 is 45.8 Å². The highest BCUT2D eigenvalue weighted by Gasteiger charge is 2.32. The Balaban J connectivity index is 1.37. The van der Waals surface area contributed by atoms with Crippen LogP contribution in [0.25, 0.3) is 10.8 Å². The van der Waals surface area contributed by atoms with Gasteiger partial charge in [0, 0.05) is 48.4 Å². The third-order valence-electron chi connectivity index (χ3n) is 7.82. The van der Waals surface area contributed by atoms with Crippen molar-refractivity contribution in [2.75, 3.05) is 18.0 Å². The summed E-state index contributed by atoms with van der Waals surface area (Å²) in [5.74, 6) is -0.368. The summed E-state index contributed by atoms with van der Waals surface area (Å²) in [5.41, 5.74) is 3.33. The highest BCUT2D eigenvalue weighted by Crippen LogP contribution is 2.37. The first-order valence-electron chi connectivity index (χ1n) is 14.7. The van der Waals surface area contributed by atoms with E-state index in [2.05, 4.69) is 12.2 Å². The molecule has 4 aromatic rings. The third kappa shape index (κ3) is 6.50. The molecule has 1 aliphatic rings. The zero-order chi connectivity index (χ0) is 29.5. The van der Waals surface area contributed by atoms with Crippen LogP contribution in [0.4, 0.5) is 5.69 Å². The molecule has 0 aromatic heterocycles. The van der Waals surface area contributed by atoms with Crippen LogP contribution < -0.4 is 10.2 Å². The van der Waals surface area contributed by atoms with Crippen LogP contribution in [0, 0.1) is 0 Å². The number of nitrogens with zero attached hydrogens (tertiary/aromatic N) is 2. The molecule has 1 heterocycles. The summed E-state index contributed by atoms with van der Waals surface area (Å²) in [6, 6.07) is 28.1. The summed E-state index contributed by atoms with van der Waals surface area (Å²) in [6.45, 7) is 3.25. The smallest absolute Gasteiger partial charge is 0.258 e. The number of benzene rings is 4. The first kappa shape index (κ1) is 29.3. The average Bonchev–Trinajstić information content (AvgIpc) is 3.28. The molecule has 1 aliphatic heterocycles. The van der Waals surface area contributed by atoms with Crippen molar-refractivity contribution in [2.24, 2.45) is 0 Å². The zero-order valence-corrected chi connectivity index (χ0v) is 24.6. The van der Waals surface area contributed by atoms with Crippen molar-refractivity contribution in [1.29, 1.82) is 0 Å². The van der Waals surface area contributed by atoms with Gasteiger partial charge in [-0.05, 0) is 47.6 Å². The molecule has 1 atom stereocenters. The average molecular weight is 582 g/mol. The fourth-order valence-corrected chi connectivity index (χ4v) is 5.80. The number of halogens is 1. The Morgan fingerprint density at radius 1 is 0.905 bits per heavy atom. The number of hydrogen-bond acceptors (Lipinski definition) is 3. The Hall–Kier alpha value is -4.16. The molecule has 0 fully saturated rings. The zero-order valence-electron chi connectivity index (χ0n) is 23.9. The van der Waals surface area contributed by atoms with Crippen molar-refractivity contribution in [1.82, 2.24) is 10.2 Å². The number of unbranched alkanes of at least 4 members (excludes halogenated alkanes) is 1. The summed E-state index contributed by atoms with van der Waals surface area (Å²) < 4.78 is 0. The number of anilines is 1. The largest absolute Gasteiger partial charge is 0.354 e. The topological polar surface area (TPSA) is 69.7 Å². The van der Waals surface area contributed by atoms with Crippen molar-refractivity contribution in [3.8, 4) is 0 Å². The van der Waals surface area contributed by atoms with Gasteiger partial charge in [-0.25, -0.2) is 0 Å². The normalized spacial score (nSPS) is 12.9. The van der Waals surface area contributed by atoms with E-state index in [9.17, 15) is 14.4 Å².